The van der Waals surface area contributed by atoms with E-state index in [2.05, 4.69) is 26.4 Å². The number of amides is 1. The fraction of sp³-hybridized carbons (Fsp3) is 0.591. The molecule has 0 saturated carbocycles. The number of nitrogens with one attached hydrogen (secondary N) is 2. The summed E-state index contributed by atoms with van der Waals surface area (Å²) in [6.45, 7) is 1.83. The number of aromatic nitrogens is 3. The topological polar surface area (TPSA) is 136 Å². The second kappa shape index (κ2) is 11.4. The number of nitrogens with zero attached hydrogens (tertiary/aromatic N) is 5. The number of likely N-dealkylation sites (tertiary alicyclic amines) is 1. The fourth-order valence-corrected chi connectivity index (χ4v) is 5.36. The van der Waals surface area contributed by atoms with Gasteiger partial charge in [0.25, 0.3) is 11.5 Å². The largest absolute Gasteiger partial charge is 0.423 e. The van der Waals surface area contributed by atoms with E-state index in [1.807, 2.05) is 4.90 Å². The maximum absolute atomic E-state index is 13.4. The van der Waals surface area contributed by atoms with Gasteiger partial charge in [0.05, 0.1) is 37.3 Å². The van der Waals surface area contributed by atoms with E-state index in [0.29, 0.717) is 30.9 Å². The van der Waals surface area contributed by atoms with Crippen LogP contribution in [0.5, 0.6) is 0 Å². The molecular formula is C22H26F3N7O4S. The first kappa shape index (κ1) is 26.8. The molecule has 37 heavy (non-hydrogen) atoms. The number of nitriles is 1. The number of thiazole rings is 1. The molecule has 0 radical (unpaired) electrons. The van der Waals surface area contributed by atoms with Gasteiger partial charge in [-0.3, -0.25) is 9.59 Å². The summed E-state index contributed by atoms with van der Waals surface area (Å²) in [6, 6.07) is 1.38. The van der Waals surface area contributed by atoms with Crippen molar-refractivity contribution < 1.29 is 27.4 Å². The van der Waals surface area contributed by atoms with Crippen LogP contribution in [0.1, 0.15) is 29.7 Å². The molecule has 2 aliphatic heterocycles. The quantitative estimate of drug-likeness (QED) is 0.487. The normalized spacial score (nSPS) is 19.8. The van der Waals surface area contributed by atoms with Crippen molar-refractivity contribution in [3.8, 4) is 6.07 Å². The first-order valence-electron chi connectivity index (χ1n) is 11.6. The molecule has 2 aromatic heterocycles. The Morgan fingerprint density at radius 2 is 2.00 bits per heavy atom. The number of ether oxygens (including phenoxy) is 2. The van der Waals surface area contributed by atoms with E-state index in [4.69, 9.17) is 14.7 Å². The predicted molar refractivity (Wildman–Crippen MR) is 127 cm³/mol. The number of alkyl halides is 3. The number of hydrogen-bond donors (Lipinski definition) is 2. The molecule has 2 atom stereocenters. The zero-order valence-electron chi connectivity index (χ0n) is 20.0. The fourth-order valence-electron chi connectivity index (χ4n) is 4.60. The zero-order chi connectivity index (χ0) is 26.6. The van der Waals surface area contributed by atoms with E-state index in [9.17, 15) is 22.8 Å². The van der Waals surface area contributed by atoms with Crippen LogP contribution in [0, 0.1) is 11.3 Å². The molecule has 2 aliphatic rings. The van der Waals surface area contributed by atoms with E-state index < -0.39 is 35.1 Å². The lowest BCUT2D eigenvalue weighted by Gasteiger charge is -2.36. The number of methoxy groups -OCH3 is 1. The van der Waals surface area contributed by atoms with Crippen LogP contribution in [0.4, 0.5) is 24.0 Å². The van der Waals surface area contributed by atoms with Gasteiger partial charge in [0.1, 0.15) is 22.6 Å². The van der Waals surface area contributed by atoms with Crippen molar-refractivity contribution in [1.82, 2.24) is 20.1 Å². The predicted octanol–water partition coefficient (Wildman–Crippen LogP) is 1.83. The summed E-state index contributed by atoms with van der Waals surface area (Å²) in [5, 5.41) is 17.7. The molecule has 200 valence electrons. The van der Waals surface area contributed by atoms with Crippen molar-refractivity contribution in [3.05, 3.63) is 33.2 Å². The molecule has 0 aromatic carbocycles. The number of halogens is 3. The summed E-state index contributed by atoms with van der Waals surface area (Å²) in [4.78, 5) is 33.5. The van der Waals surface area contributed by atoms with Crippen LogP contribution in [0.2, 0.25) is 0 Å². The first-order valence-corrected chi connectivity index (χ1v) is 12.5. The lowest BCUT2D eigenvalue weighted by Crippen LogP contribution is -2.47. The summed E-state index contributed by atoms with van der Waals surface area (Å²) in [5.74, 6) is -0.149. The highest BCUT2D eigenvalue weighted by Crippen LogP contribution is 2.32. The van der Waals surface area contributed by atoms with Gasteiger partial charge in [-0.15, -0.1) is 0 Å². The molecule has 15 heteroatoms. The van der Waals surface area contributed by atoms with E-state index in [1.54, 1.807) is 11.3 Å². The molecule has 1 amide bonds. The SMILES string of the molecule is COC[C@@H](CO[C@@H]1CCN(C2CCN(c3ncc(C#N)s3)CC2)C1=O)Nc1cn[nH]c(=O)c1C(F)(F)F. The van der Waals surface area contributed by atoms with Crippen LogP contribution >= 0.6 is 11.3 Å². The minimum Gasteiger partial charge on any atom is -0.382 e. The molecular weight excluding hydrogens is 515 g/mol. The monoisotopic (exact) mass is 541 g/mol. The lowest BCUT2D eigenvalue weighted by atomic mass is 10.0. The molecule has 0 unspecified atom stereocenters. The van der Waals surface area contributed by atoms with Gasteiger partial charge in [-0.2, -0.15) is 23.5 Å². The second-order valence-corrected chi connectivity index (χ2v) is 9.77. The highest BCUT2D eigenvalue weighted by molar-refractivity contribution is 7.16. The van der Waals surface area contributed by atoms with Gasteiger partial charge in [0.2, 0.25) is 0 Å². The number of rotatable bonds is 9. The Kier molecular flexibility index (Phi) is 8.30. The van der Waals surface area contributed by atoms with Crippen LogP contribution in [-0.4, -0.2) is 84.1 Å². The van der Waals surface area contributed by atoms with Crippen molar-refractivity contribution in [3.63, 3.8) is 0 Å². The molecule has 2 fully saturated rings. The number of hydrogen-bond acceptors (Lipinski definition) is 10. The summed E-state index contributed by atoms with van der Waals surface area (Å²) < 4.78 is 51.0. The summed E-state index contributed by atoms with van der Waals surface area (Å²) >= 11 is 1.34. The zero-order valence-corrected chi connectivity index (χ0v) is 20.8. The Hall–Kier alpha value is -3.22. The summed E-state index contributed by atoms with van der Waals surface area (Å²) in [7, 11) is 1.39. The highest BCUT2D eigenvalue weighted by atomic mass is 32.1. The van der Waals surface area contributed by atoms with Gasteiger partial charge in [-0.25, -0.2) is 10.1 Å². The van der Waals surface area contributed by atoms with Crippen molar-refractivity contribution in [1.29, 1.82) is 5.26 Å². The van der Waals surface area contributed by atoms with Crippen LogP contribution < -0.4 is 15.8 Å². The van der Waals surface area contributed by atoms with Crippen molar-refractivity contribution in [2.45, 2.75) is 43.6 Å². The number of carbonyl (C=O) groups excluding carboxylic acids is 1. The number of aromatic amines is 1. The Bertz CT molecular complexity index is 1190. The van der Waals surface area contributed by atoms with Crippen LogP contribution in [0.25, 0.3) is 0 Å². The van der Waals surface area contributed by atoms with Gasteiger partial charge >= 0.3 is 6.18 Å². The molecule has 4 heterocycles. The summed E-state index contributed by atoms with van der Waals surface area (Å²) in [5.41, 5.74) is -3.24. The maximum atomic E-state index is 13.4. The Balaban J connectivity index is 1.32. The minimum absolute atomic E-state index is 0.0164. The summed E-state index contributed by atoms with van der Waals surface area (Å²) in [6.07, 6.45) is -1.18. The third-order valence-electron chi connectivity index (χ3n) is 6.34. The molecule has 2 N–H and O–H groups in total. The molecule has 4 rings (SSSR count). The van der Waals surface area contributed by atoms with Crippen LogP contribution in [0.15, 0.2) is 17.2 Å². The average Bonchev–Trinajstić information content (AvgIpc) is 3.49. The van der Waals surface area contributed by atoms with Gasteiger partial charge < -0.3 is 24.6 Å². The molecule has 0 bridgehead atoms. The average molecular weight is 542 g/mol. The maximum Gasteiger partial charge on any atom is 0.423 e. The number of piperidine rings is 1. The molecule has 2 saturated heterocycles. The van der Waals surface area contributed by atoms with Gasteiger partial charge in [-0.1, -0.05) is 11.3 Å². The Morgan fingerprint density at radius 1 is 1.24 bits per heavy atom. The van der Waals surface area contributed by atoms with E-state index >= 15 is 0 Å². The van der Waals surface area contributed by atoms with Gasteiger partial charge in [0, 0.05) is 39.2 Å². The van der Waals surface area contributed by atoms with Gasteiger partial charge in [-0.05, 0) is 12.8 Å². The van der Waals surface area contributed by atoms with Crippen molar-refractivity contribution in [2.75, 3.05) is 50.2 Å². The standard InChI is InChI=1S/C22H26F3N7O4S/c1-35-11-13(29-16-10-28-30-19(33)18(16)22(23,24)25)12-36-17-4-7-32(20(17)34)14-2-5-31(6-3-14)21-27-9-15(8-26)37-21/h9-10,13-14,17H,2-7,11-12H2,1H3,(H2,29,30,33)/t13-,17+/m0/s1. The second-order valence-electron chi connectivity index (χ2n) is 8.76. The van der Waals surface area contributed by atoms with Crippen LogP contribution in [0.3, 0.4) is 0 Å². The Morgan fingerprint density at radius 3 is 2.65 bits per heavy atom. The molecule has 2 aromatic rings. The molecule has 0 spiro atoms. The van der Waals surface area contributed by atoms with Gasteiger partial charge in [0.15, 0.2) is 5.13 Å². The lowest BCUT2D eigenvalue weighted by molar-refractivity contribution is -0.139. The van der Waals surface area contributed by atoms with E-state index in [1.165, 1.54) is 18.4 Å². The number of carbonyl (C=O) groups is 1. The first-order chi connectivity index (χ1) is 17.7. The Labute approximate surface area is 214 Å². The van der Waals surface area contributed by atoms with E-state index in [-0.39, 0.29) is 25.2 Å². The van der Waals surface area contributed by atoms with E-state index in [0.717, 1.165) is 24.2 Å². The highest BCUT2D eigenvalue weighted by Gasteiger charge is 2.40. The minimum atomic E-state index is -4.88. The number of anilines is 2. The molecule has 0 aliphatic carbocycles. The third-order valence-corrected chi connectivity index (χ3v) is 7.30. The van der Waals surface area contributed by atoms with Crippen LogP contribution in [-0.2, 0) is 20.4 Å². The van der Waals surface area contributed by atoms with Crippen molar-refractivity contribution in [2.24, 2.45) is 0 Å². The molecule has 11 nitrogen and oxygen atoms in total. The smallest absolute Gasteiger partial charge is 0.382 e. The van der Waals surface area contributed by atoms with Crippen molar-refractivity contribution >= 4 is 28.1 Å². The number of H-pyrrole nitrogens is 1. The third kappa shape index (κ3) is 6.20.